The SMILES string of the molecule is Cc1cc(C(C)O)ccc1C1=NC=C[SH]1c1nc(NC2CCN(S(C)(=O)=O)CC2)ncc1C(F)(F)F. The van der Waals surface area contributed by atoms with Crippen LogP contribution < -0.4 is 5.32 Å². The lowest BCUT2D eigenvalue weighted by Crippen LogP contribution is -2.42. The van der Waals surface area contributed by atoms with E-state index in [1.807, 2.05) is 6.92 Å². The first-order valence-corrected chi connectivity index (χ1v) is 14.6. The van der Waals surface area contributed by atoms with Gasteiger partial charge in [0, 0.05) is 37.1 Å². The fraction of sp³-hybridized carbons (Fsp3) is 0.435. The van der Waals surface area contributed by atoms with Gasteiger partial charge in [-0.25, -0.2) is 27.7 Å². The maximum atomic E-state index is 14.0. The standard InChI is InChI=1S/C23H28F3N5O3S2/c1-14-12-16(15(2)32)4-5-18(14)20-27-8-11-35(20)21-19(23(24,25)26)13-28-22(30-21)29-17-6-9-31(10-7-17)36(3,33)34/h4-5,8,11-13,15,17,32,35H,6-7,9-10H2,1-3H3,(H,28,29,30). The first kappa shape index (κ1) is 26.6. The van der Waals surface area contributed by atoms with E-state index in [1.54, 1.807) is 30.5 Å². The van der Waals surface area contributed by atoms with Crippen molar-refractivity contribution >= 4 is 31.9 Å². The van der Waals surface area contributed by atoms with Crippen molar-refractivity contribution in [3.63, 3.8) is 0 Å². The van der Waals surface area contributed by atoms with Crippen LogP contribution in [0.1, 0.15) is 48.1 Å². The molecule has 0 saturated carbocycles. The Labute approximate surface area is 210 Å². The van der Waals surface area contributed by atoms with Gasteiger partial charge in [0.25, 0.3) is 0 Å². The first-order valence-electron chi connectivity index (χ1n) is 11.3. The molecule has 2 aromatic rings. The number of hydrogen-bond donors (Lipinski definition) is 3. The Hall–Kier alpha value is -2.48. The maximum absolute atomic E-state index is 14.0. The zero-order chi connectivity index (χ0) is 26.3. The summed E-state index contributed by atoms with van der Waals surface area (Å²) in [6.07, 6.45) is -0.886. The molecule has 4 rings (SSSR count). The molecule has 0 bridgehead atoms. The molecule has 3 heterocycles. The predicted octanol–water partition coefficient (Wildman–Crippen LogP) is 3.98. The second-order valence-electron chi connectivity index (χ2n) is 8.88. The number of piperidine rings is 1. The number of thiol groups is 1. The topological polar surface area (TPSA) is 108 Å². The van der Waals surface area contributed by atoms with Gasteiger partial charge in [0.1, 0.15) is 10.6 Å². The summed E-state index contributed by atoms with van der Waals surface area (Å²) >= 11 is 0. The second-order valence-corrected chi connectivity index (χ2v) is 12.7. The largest absolute Gasteiger partial charge is 0.420 e. The summed E-state index contributed by atoms with van der Waals surface area (Å²) in [6.45, 7) is 4.11. The molecule has 1 saturated heterocycles. The summed E-state index contributed by atoms with van der Waals surface area (Å²) < 4.78 is 66.7. The Morgan fingerprint density at radius 3 is 2.53 bits per heavy atom. The van der Waals surface area contributed by atoms with Gasteiger partial charge in [-0.1, -0.05) is 18.2 Å². The lowest BCUT2D eigenvalue weighted by atomic mass is 10.0. The molecule has 1 aromatic heterocycles. The lowest BCUT2D eigenvalue weighted by molar-refractivity contribution is -0.140. The van der Waals surface area contributed by atoms with E-state index in [9.17, 15) is 26.7 Å². The van der Waals surface area contributed by atoms with Gasteiger partial charge in [0.15, 0.2) is 0 Å². The second kappa shape index (κ2) is 10.1. The predicted molar refractivity (Wildman–Crippen MR) is 135 cm³/mol. The number of aryl methyl sites for hydroxylation is 1. The minimum atomic E-state index is -4.65. The monoisotopic (exact) mass is 543 g/mol. The summed E-state index contributed by atoms with van der Waals surface area (Å²) in [5.74, 6) is 0.0686. The fourth-order valence-corrected chi connectivity index (χ4v) is 7.12. The Kier molecular flexibility index (Phi) is 7.47. The van der Waals surface area contributed by atoms with Crippen molar-refractivity contribution in [2.75, 3.05) is 24.7 Å². The van der Waals surface area contributed by atoms with Crippen molar-refractivity contribution in [1.82, 2.24) is 14.3 Å². The van der Waals surface area contributed by atoms with Crippen LogP contribution in [0, 0.1) is 6.92 Å². The van der Waals surface area contributed by atoms with E-state index in [4.69, 9.17) is 0 Å². The van der Waals surface area contributed by atoms with Crippen LogP contribution in [0.15, 0.2) is 46.0 Å². The quantitative estimate of drug-likeness (QED) is 0.376. The summed E-state index contributed by atoms with van der Waals surface area (Å²) in [5, 5.41) is 14.9. The van der Waals surface area contributed by atoms with Crippen molar-refractivity contribution in [2.45, 2.75) is 50.0 Å². The van der Waals surface area contributed by atoms with Crippen molar-refractivity contribution < 1.29 is 26.7 Å². The Balaban J connectivity index is 1.63. The van der Waals surface area contributed by atoms with Crippen LogP contribution in [0.5, 0.6) is 0 Å². The highest BCUT2D eigenvalue weighted by atomic mass is 32.2. The average molecular weight is 544 g/mol. The number of alkyl halides is 3. The molecule has 2 aliphatic rings. The summed E-state index contributed by atoms with van der Waals surface area (Å²) in [7, 11) is -4.95. The molecule has 0 aliphatic carbocycles. The minimum Gasteiger partial charge on any atom is -0.389 e. The number of aliphatic hydroxyl groups is 1. The van der Waals surface area contributed by atoms with Gasteiger partial charge in [-0.2, -0.15) is 13.2 Å². The van der Waals surface area contributed by atoms with Crippen molar-refractivity contribution in [3.05, 3.63) is 58.3 Å². The number of halogens is 3. The molecule has 0 radical (unpaired) electrons. The highest BCUT2D eigenvalue weighted by Gasteiger charge is 2.38. The number of hydrogen-bond acceptors (Lipinski definition) is 7. The van der Waals surface area contributed by atoms with Crippen molar-refractivity contribution in [1.29, 1.82) is 0 Å². The van der Waals surface area contributed by atoms with E-state index in [2.05, 4.69) is 20.3 Å². The van der Waals surface area contributed by atoms with Crippen LogP contribution in [0.2, 0.25) is 0 Å². The number of nitrogens with one attached hydrogen (secondary N) is 1. The minimum absolute atomic E-state index is 0.0686. The third-order valence-electron chi connectivity index (χ3n) is 6.17. The van der Waals surface area contributed by atoms with E-state index >= 15 is 0 Å². The molecule has 1 fully saturated rings. The number of nitrogens with zero attached hydrogens (tertiary/aromatic N) is 4. The van der Waals surface area contributed by atoms with Crippen LogP contribution in [0.3, 0.4) is 0 Å². The number of anilines is 1. The van der Waals surface area contributed by atoms with E-state index in [0.29, 0.717) is 42.1 Å². The highest BCUT2D eigenvalue weighted by Crippen LogP contribution is 2.49. The fourth-order valence-electron chi connectivity index (χ4n) is 4.21. The molecule has 2 unspecified atom stereocenters. The molecule has 0 spiro atoms. The molecule has 0 amide bonds. The number of aromatic nitrogens is 2. The molecule has 8 nitrogen and oxygen atoms in total. The molecule has 2 N–H and O–H groups in total. The normalized spacial score (nSPS) is 21.4. The highest BCUT2D eigenvalue weighted by molar-refractivity contribution is 8.33. The smallest absolute Gasteiger partial charge is 0.389 e. The Morgan fingerprint density at radius 2 is 1.94 bits per heavy atom. The van der Waals surface area contributed by atoms with Crippen molar-refractivity contribution in [3.8, 4) is 0 Å². The number of aliphatic imine (C=N–C) groups is 1. The number of aliphatic hydroxyl groups excluding tert-OH is 1. The van der Waals surface area contributed by atoms with Gasteiger partial charge >= 0.3 is 6.18 Å². The molecule has 196 valence electrons. The molecule has 36 heavy (non-hydrogen) atoms. The van der Waals surface area contributed by atoms with Gasteiger partial charge in [-0.15, -0.1) is 10.9 Å². The van der Waals surface area contributed by atoms with Crippen LogP contribution in [-0.4, -0.2) is 58.2 Å². The van der Waals surface area contributed by atoms with Gasteiger partial charge in [0.2, 0.25) is 16.0 Å². The Bertz CT molecular complexity index is 1300. The van der Waals surface area contributed by atoms with Gasteiger partial charge in [-0.05, 0) is 43.2 Å². The molecule has 1 aromatic carbocycles. The van der Waals surface area contributed by atoms with Gasteiger partial charge in [0.05, 0.1) is 17.4 Å². The van der Waals surface area contributed by atoms with Crippen LogP contribution in [0.25, 0.3) is 0 Å². The third kappa shape index (κ3) is 5.74. The van der Waals surface area contributed by atoms with Gasteiger partial charge in [-0.3, -0.25) is 0 Å². The maximum Gasteiger partial charge on any atom is 0.420 e. The zero-order valence-electron chi connectivity index (χ0n) is 20.0. The van der Waals surface area contributed by atoms with Crippen LogP contribution in [-0.2, 0) is 16.2 Å². The average Bonchev–Trinajstić information content (AvgIpc) is 3.27. The Morgan fingerprint density at radius 1 is 1.25 bits per heavy atom. The number of rotatable bonds is 6. The van der Waals surface area contributed by atoms with Crippen LogP contribution >= 0.6 is 10.9 Å². The van der Waals surface area contributed by atoms with Crippen molar-refractivity contribution in [2.24, 2.45) is 4.99 Å². The summed E-state index contributed by atoms with van der Waals surface area (Å²) in [6, 6.07) is 5.14. The third-order valence-corrected chi connectivity index (χ3v) is 9.52. The molecule has 13 heteroatoms. The number of benzene rings is 1. The van der Waals surface area contributed by atoms with E-state index in [1.165, 1.54) is 10.5 Å². The zero-order valence-corrected chi connectivity index (χ0v) is 21.7. The number of sulfonamides is 1. The summed E-state index contributed by atoms with van der Waals surface area (Å²) in [4.78, 5) is 12.6. The molecule has 2 aliphatic heterocycles. The van der Waals surface area contributed by atoms with E-state index < -0.39 is 38.8 Å². The lowest BCUT2D eigenvalue weighted by Gasteiger charge is -2.31. The van der Waals surface area contributed by atoms with E-state index in [0.717, 1.165) is 18.0 Å². The van der Waals surface area contributed by atoms with Gasteiger partial charge < -0.3 is 10.4 Å². The first-order chi connectivity index (χ1) is 16.8. The molecular formula is C23H28F3N5O3S2. The summed E-state index contributed by atoms with van der Waals surface area (Å²) in [5.41, 5.74) is 1.29. The van der Waals surface area contributed by atoms with E-state index in [-0.39, 0.29) is 17.0 Å². The molecular weight excluding hydrogens is 515 g/mol. The molecule has 2 atom stereocenters. The van der Waals surface area contributed by atoms with Crippen LogP contribution in [0.4, 0.5) is 19.1 Å².